The molecule has 3 aromatic rings. The molecule has 0 fully saturated rings. The van der Waals surface area contributed by atoms with Crippen molar-refractivity contribution in [3.05, 3.63) is 70.7 Å². The Hall–Kier alpha value is -2.99. The molecular weight excluding hydrogens is 379 g/mol. The van der Waals surface area contributed by atoms with Crippen molar-refractivity contribution in [3.63, 3.8) is 0 Å². The van der Waals surface area contributed by atoms with Crippen LogP contribution in [0, 0.1) is 12.7 Å². The molecule has 2 heterocycles. The minimum atomic E-state index is -0.291. The molecule has 2 aliphatic rings. The maximum Gasteiger partial charge on any atom is 0.254 e. The molecule has 0 saturated heterocycles. The molecule has 1 N–H and O–H groups in total. The summed E-state index contributed by atoms with van der Waals surface area (Å²) < 4.78 is 15.4. The lowest BCUT2D eigenvalue weighted by Gasteiger charge is -2.39. The number of carbonyl (C=O) groups excluding carboxylic acids is 1. The first-order valence-corrected chi connectivity index (χ1v) is 10.5. The number of benzene rings is 2. The molecule has 1 aliphatic heterocycles. The summed E-state index contributed by atoms with van der Waals surface area (Å²) in [5.74, 6) is -0.415. The second-order valence-corrected chi connectivity index (χ2v) is 8.26. The predicted molar refractivity (Wildman–Crippen MR) is 116 cm³/mol. The van der Waals surface area contributed by atoms with E-state index in [-0.39, 0.29) is 17.8 Å². The lowest BCUT2D eigenvalue weighted by Crippen LogP contribution is -2.44. The standard InChI is InChI=1S/C24H25FN4O/c1-16-5-10-21-20(13-16)19-3-2-4-22-24(19)29(21)12-11-28(22)15-23(30)27-26-14-17-6-8-18(25)9-7-17/h5-10,13-14,22H,2-4,11-12,15H2,1H3,(H,27,30)/b26-14-/t22-/m1/s1. The van der Waals surface area contributed by atoms with Crippen molar-refractivity contribution in [3.8, 4) is 0 Å². The van der Waals surface area contributed by atoms with Crippen LogP contribution in [-0.4, -0.2) is 34.7 Å². The maximum absolute atomic E-state index is 13.0. The van der Waals surface area contributed by atoms with Gasteiger partial charge in [-0.1, -0.05) is 23.8 Å². The highest BCUT2D eigenvalue weighted by Gasteiger charge is 2.35. The Morgan fingerprint density at radius 2 is 2.07 bits per heavy atom. The Kier molecular flexibility index (Phi) is 4.87. The molecule has 1 amide bonds. The molecule has 5 rings (SSSR count). The van der Waals surface area contributed by atoms with Crippen molar-refractivity contribution in [1.82, 2.24) is 14.9 Å². The topological polar surface area (TPSA) is 49.6 Å². The van der Waals surface area contributed by atoms with Gasteiger partial charge in [0.15, 0.2) is 0 Å². The summed E-state index contributed by atoms with van der Waals surface area (Å²) in [6, 6.07) is 13.0. The van der Waals surface area contributed by atoms with Crippen LogP contribution in [0.2, 0.25) is 0 Å². The molecule has 30 heavy (non-hydrogen) atoms. The zero-order chi connectivity index (χ0) is 20.7. The molecule has 0 unspecified atom stereocenters. The van der Waals surface area contributed by atoms with Gasteiger partial charge in [-0.25, -0.2) is 9.82 Å². The van der Waals surface area contributed by atoms with Gasteiger partial charge in [-0.2, -0.15) is 5.10 Å². The quantitative estimate of drug-likeness (QED) is 0.529. The van der Waals surface area contributed by atoms with E-state index >= 15 is 0 Å². The van der Waals surface area contributed by atoms with Gasteiger partial charge < -0.3 is 4.57 Å². The Morgan fingerprint density at radius 1 is 1.23 bits per heavy atom. The molecule has 0 spiro atoms. The van der Waals surface area contributed by atoms with Crippen LogP contribution in [0.5, 0.6) is 0 Å². The van der Waals surface area contributed by atoms with E-state index in [2.05, 4.69) is 45.1 Å². The molecule has 6 heteroatoms. The normalized spacial score (nSPS) is 18.7. The number of amides is 1. The van der Waals surface area contributed by atoms with Gasteiger partial charge in [0, 0.05) is 29.7 Å². The highest BCUT2D eigenvalue weighted by molar-refractivity contribution is 5.87. The summed E-state index contributed by atoms with van der Waals surface area (Å²) in [5.41, 5.74) is 8.84. The number of aryl methyl sites for hydroxylation is 2. The van der Waals surface area contributed by atoms with Crippen LogP contribution in [0.15, 0.2) is 47.6 Å². The third-order valence-electron chi connectivity index (χ3n) is 6.26. The summed E-state index contributed by atoms with van der Waals surface area (Å²) in [4.78, 5) is 14.8. The number of nitrogens with zero attached hydrogens (tertiary/aromatic N) is 3. The molecule has 154 valence electrons. The van der Waals surface area contributed by atoms with E-state index in [0.717, 1.165) is 37.9 Å². The summed E-state index contributed by atoms with van der Waals surface area (Å²) >= 11 is 0. The molecule has 1 aliphatic carbocycles. The average Bonchev–Trinajstić information content (AvgIpc) is 3.06. The maximum atomic E-state index is 13.0. The van der Waals surface area contributed by atoms with Gasteiger partial charge in [0.2, 0.25) is 0 Å². The van der Waals surface area contributed by atoms with E-state index in [1.54, 1.807) is 12.1 Å². The van der Waals surface area contributed by atoms with E-state index in [4.69, 9.17) is 0 Å². The van der Waals surface area contributed by atoms with Crippen molar-refractivity contribution in [2.24, 2.45) is 5.10 Å². The monoisotopic (exact) mass is 404 g/mol. The second-order valence-electron chi connectivity index (χ2n) is 8.26. The van der Waals surface area contributed by atoms with Crippen molar-refractivity contribution in [1.29, 1.82) is 0 Å². The Morgan fingerprint density at radius 3 is 2.90 bits per heavy atom. The van der Waals surface area contributed by atoms with E-state index in [9.17, 15) is 9.18 Å². The van der Waals surface area contributed by atoms with Gasteiger partial charge in [0.1, 0.15) is 5.82 Å². The predicted octanol–water partition coefficient (Wildman–Crippen LogP) is 3.93. The first kappa shape index (κ1) is 19.0. The van der Waals surface area contributed by atoms with Crippen molar-refractivity contribution >= 4 is 23.0 Å². The van der Waals surface area contributed by atoms with E-state index in [0.29, 0.717) is 6.54 Å². The third kappa shape index (κ3) is 3.41. The van der Waals surface area contributed by atoms with Crippen molar-refractivity contribution in [2.45, 2.75) is 38.8 Å². The summed E-state index contributed by atoms with van der Waals surface area (Å²) in [7, 11) is 0. The number of hydrogen-bond donors (Lipinski definition) is 1. The number of rotatable bonds is 4. The van der Waals surface area contributed by atoms with Gasteiger partial charge >= 0.3 is 0 Å². The lowest BCUT2D eigenvalue weighted by atomic mass is 9.89. The first-order valence-electron chi connectivity index (χ1n) is 10.5. The van der Waals surface area contributed by atoms with Gasteiger partial charge in [-0.3, -0.25) is 9.69 Å². The van der Waals surface area contributed by atoms with Gasteiger partial charge in [0.25, 0.3) is 5.91 Å². The van der Waals surface area contributed by atoms with E-state index in [1.807, 2.05) is 0 Å². The summed E-state index contributed by atoms with van der Waals surface area (Å²) in [5, 5.41) is 5.41. The van der Waals surface area contributed by atoms with Crippen molar-refractivity contribution in [2.75, 3.05) is 13.1 Å². The van der Waals surface area contributed by atoms with Crippen LogP contribution in [0.1, 0.15) is 41.3 Å². The zero-order valence-electron chi connectivity index (χ0n) is 17.1. The minimum absolute atomic E-state index is 0.124. The van der Waals surface area contributed by atoms with E-state index in [1.165, 1.54) is 46.1 Å². The molecule has 1 atom stereocenters. The second kappa shape index (κ2) is 7.69. The molecule has 1 aromatic heterocycles. The number of carbonyl (C=O) groups is 1. The fourth-order valence-corrected chi connectivity index (χ4v) is 4.93. The lowest BCUT2D eigenvalue weighted by molar-refractivity contribution is -0.123. The first-order chi connectivity index (χ1) is 14.6. The zero-order valence-corrected chi connectivity index (χ0v) is 17.1. The SMILES string of the molecule is Cc1ccc2c(c1)c1c3n2CCN(CC(=O)N/N=C\c2ccc(F)cc2)[C@@H]3CCC1. The van der Waals surface area contributed by atoms with Gasteiger partial charge in [-0.05, 0) is 61.6 Å². The minimum Gasteiger partial charge on any atom is -0.342 e. The van der Waals surface area contributed by atoms with Gasteiger partial charge in [0.05, 0.1) is 18.8 Å². The number of fused-ring (bicyclic) bond motifs is 3. The molecule has 0 saturated carbocycles. The largest absolute Gasteiger partial charge is 0.342 e. The smallest absolute Gasteiger partial charge is 0.254 e. The summed E-state index contributed by atoms with van der Waals surface area (Å²) in [6.07, 6.45) is 4.87. The van der Waals surface area contributed by atoms with Crippen LogP contribution in [0.4, 0.5) is 4.39 Å². The van der Waals surface area contributed by atoms with Crippen molar-refractivity contribution < 1.29 is 9.18 Å². The van der Waals surface area contributed by atoms with Crippen LogP contribution < -0.4 is 5.43 Å². The molecule has 0 radical (unpaired) electrons. The van der Waals surface area contributed by atoms with E-state index < -0.39 is 0 Å². The van der Waals surface area contributed by atoms with Crippen LogP contribution in [0.3, 0.4) is 0 Å². The Bertz CT molecular complexity index is 1130. The fraction of sp³-hybridized carbons (Fsp3) is 0.333. The highest BCUT2D eigenvalue weighted by atomic mass is 19.1. The third-order valence-corrected chi connectivity index (χ3v) is 6.26. The number of aromatic nitrogens is 1. The Balaban J connectivity index is 1.32. The highest BCUT2D eigenvalue weighted by Crippen LogP contribution is 2.42. The molecular formula is C24H25FN4O. The van der Waals surface area contributed by atoms with Crippen LogP contribution in [-0.2, 0) is 17.8 Å². The van der Waals surface area contributed by atoms with Gasteiger partial charge in [-0.15, -0.1) is 0 Å². The average molecular weight is 404 g/mol. The Labute approximate surface area is 175 Å². The summed E-state index contributed by atoms with van der Waals surface area (Å²) in [6.45, 7) is 4.22. The molecule has 2 aromatic carbocycles. The number of halogens is 1. The number of nitrogens with one attached hydrogen (secondary N) is 1. The van der Waals surface area contributed by atoms with Crippen LogP contribution >= 0.6 is 0 Å². The fourth-order valence-electron chi connectivity index (χ4n) is 4.93. The molecule has 0 bridgehead atoms. The van der Waals surface area contributed by atoms with Crippen LogP contribution in [0.25, 0.3) is 10.9 Å². The number of hydrazone groups is 1. The number of hydrogen-bond acceptors (Lipinski definition) is 3. The molecule has 5 nitrogen and oxygen atoms in total.